The molecule has 4 aliphatic carbocycles. The number of nitrogens with zero attached hydrogens (tertiary/aromatic N) is 17. The van der Waals surface area contributed by atoms with Crippen LogP contribution in [0.2, 0.25) is 43.9 Å². The number of amides is 3. The third-order valence-corrected chi connectivity index (χ3v) is 30.6. The quantitative estimate of drug-likeness (QED) is 0.0472. The molecule has 3 amide bonds. The van der Waals surface area contributed by atoms with Crippen molar-refractivity contribution in [1.82, 2.24) is 68.1 Å². The van der Waals surface area contributed by atoms with Gasteiger partial charge < -0.3 is 52.6 Å². The number of aromatic nitrogens is 14. The van der Waals surface area contributed by atoms with Crippen molar-refractivity contribution >= 4 is 150 Å². The van der Waals surface area contributed by atoms with Crippen LogP contribution in [0.25, 0.3) is 66.4 Å². The standard InChI is InChI=1S/C30H35Cl2N5O2Si.C24H21Cl2N5O2.C24H20ClN5O2.C20H23N3/c1-19-7-10-22(17-33-19)36-12-11-21-15-23(16-24(26(21)36)20-8-9-20)37(13-14-39-40(5,6)30(2,3)4)29(38)25-27(31)34-18-35-28(25)32;1-14-2-5-17(12-27-14)30-7-6-16-10-18(11-19(21(16)30)15-3-4-15)31(8-9-32)24(33)20-22(25)28-13-29-23(20)26;1-14-2-5-17(12-26-14)29-7-6-16-10-18(11-19(21(16)29)15-3-4-15)30-8-9-32-23-20(24(30)31)22(25)27-13-28-23;1-3-9-21-17-11-16-8-10-23(18-7-4-14(2)22-13-18)20(16)19(12-17)15-5-6-15/h7,10-12,15-18,20H,8-9,13-14H2,1-6H3;2,5-7,10-13,15,32H,3-4,8-9H2,1H3;2,5-7,10-13,15H,3-4,8-9H2,1H3;4,7-8,10-13,15,21H,3,5-6,9H2,1-2H3. The number of rotatable bonds is 22. The zero-order chi connectivity index (χ0) is 89.6. The molecule has 5 aliphatic rings. The summed E-state index contributed by atoms with van der Waals surface area (Å²) in [6, 6.07) is 41.9. The number of hydrogen-bond acceptors (Lipinski definition) is 17. The van der Waals surface area contributed by atoms with Crippen LogP contribution in [0.1, 0.15) is 185 Å². The molecule has 656 valence electrons. The van der Waals surface area contributed by atoms with Gasteiger partial charge >= 0.3 is 0 Å². The predicted molar refractivity (Wildman–Crippen MR) is 512 cm³/mol. The Hall–Kier alpha value is -11.5. The molecule has 0 saturated heterocycles. The minimum absolute atomic E-state index is 0.0191. The van der Waals surface area contributed by atoms with Crippen molar-refractivity contribution in [2.24, 2.45) is 0 Å². The Morgan fingerprint density at radius 1 is 0.484 bits per heavy atom. The summed E-state index contributed by atoms with van der Waals surface area (Å²) in [6.07, 6.45) is 30.2. The van der Waals surface area contributed by atoms with Crippen LogP contribution in [0.4, 0.5) is 22.7 Å². The topological polar surface area (TPSA) is 260 Å². The molecule has 4 fully saturated rings. The summed E-state index contributed by atoms with van der Waals surface area (Å²) in [6.45, 7) is 23.5. The first-order valence-electron chi connectivity index (χ1n) is 43.4. The number of halogens is 5. The predicted octanol–water partition coefficient (Wildman–Crippen LogP) is 22.7. The van der Waals surface area contributed by atoms with E-state index < -0.39 is 14.2 Å². The molecule has 12 heterocycles. The highest BCUT2D eigenvalue weighted by atomic mass is 35.5. The second kappa shape index (κ2) is 37.3. The number of carbonyl (C=O) groups excluding carboxylic acids is 3. The van der Waals surface area contributed by atoms with Gasteiger partial charge in [-0.05, 0) is 271 Å². The number of aryl methyl sites for hydroxylation is 4. The molecular weight excluding hydrogens is 1730 g/mol. The minimum atomic E-state index is -2.03. The SMILES string of the molecule is CCCNc1cc(C2CC2)c2c(ccn2-c2ccc(C)nc2)c1.Cc1ccc(-n2ccc3cc(N(CCO)C(=O)c4c(Cl)ncnc4Cl)cc(C4CC4)c32)cn1.Cc1ccc(-n2ccc3cc(N(CCO[Si](C)(C)C(C)(C)C)C(=O)c4c(Cl)ncnc4Cl)cc(C4CC4)c32)cn1.Cc1ccc(-n2ccc3cc(N4CCOc5ncnc(Cl)c5C4=O)cc(C4CC4)c32)cn1. The first-order valence-corrected chi connectivity index (χ1v) is 48.2. The van der Waals surface area contributed by atoms with E-state index in [0.717, 1.165) is 141 Å². The second-order valence-corrected chi connectivity index (χ2v) is 41.5. The van der Waals surface area contributed by atoms with E-state index in [4.69, 9.17) is 67.2 Å². The van der Waals surface area contributed by atoms with Crippen LogP contribution >= 0.6 is 58.0 Å². The monoisotopic (exact) mass is 1830 g/mol. The molecule has 0 unspecified atom stereocenters. The number of aliphatic hydroxyl groups excluding tert-OH is 1. The number of benzene rings is 4. The number of aliphatic hydroxyl groups is 1. The number of pyridine rings is 4. The molecule has 4 aromatic carbocycles. The average Bonchev–Trinajstić information content (AvgIpc) is 1.71. The van der Waals surface area contributed by atoms with Crippen LogP contribution in [0.15, 0.2) is 190 Å². The van der Waals surface area contributed by atoms with E-state index in [1.54, 1.807) is 9.80 Å². The molecule has 0 radical (unpaired) electrons. The average molecular weight is 1830 g/mol. The summed E-state index contributed by atoms with van der Waals surface area (Å²) in [5, 5.41) is 17.9. The van der Waals surface area contributed by atoms with E-state index in [1.807, 2.05) is 101 Å². The van der Waals surface area contributed by atoms with Gasteiger partial charge in [-0.25, -0.2) is 29.9 Å². The first-order chi connectivity index (χ1) is 61.7. The molecule has 2 N–H and O–H groups in total. The van der Waals surface area contributed by atoms with E-state index in [9.17, 15) is 19.5 Å². The molecule has 30 heteroatoms. The van der Waals surface area contributed by atoms with E-state index in [-0.39, 0.29) is 78.3 Å². The Bertz CT molecular complexity index is 6640. The number of ether oxygens (including phenoxy) is 1. The van der Waals surface area contributed by atoms with E-state index in [0.29, 0.717) is 55.7 Å². The van der Waals surface area contributed by atoms with Crippen molar-refractivity contribution in [3.63, 3.8) is 0 Å². The molecule has 1 aliphatic heterocycles. The lowest BCUT2D eigenvalue weighted by atomic mass is 10.0. The van der Waals surface area contributed by atoms with Gasteiger partial charge in [0.2, 0.25) is 5.88 Å². The van der Waals surface area contributed by atoms with Crippen LogP contribution in [-0.4, -0.2) is 145 Å². The summed E-state index contributed by atoms with van der Waals surface area (Å²) < 4.78 is 21.0. The van der Waals surface area contributed by atoms with Gasteiger partial charge in [0.15, 0.2) is 8.32 Å². The first kappa shape index (κ1) is 88.5. The summed E-state index contributed by atoms with van der Waals surface area (Å²) in [5.41, 5.74) is 21.8. The van der Waals surface area contributed by atoms with Crippen molar-refractivity contribution in [2.45, 2.75) is 155 Å². The number of hydrogen-bond donors (Lipinski definition) is 2. The Kier molecular flexibility index (Phi) is 25.8. The van der Waals surface area contributed by atoms with Gasteiger partial charge in [0.25, 0.3) is 17.7 Å². The summed E-state index contributed by atoms with van der Waals surface area (Å²) in [5.74, 6) is 1.24. The molecule has 0 atom stereocenters. The van der Waals surface area contributed by atoms with Crippen LogP contribution in [0.5, 0.6) is 5.88 Å². The molecule has 15 aromatic rings. The maximum atomic E-state index is 14.1. The largest absolute Gasteiger partial charge is 0.475 e. The minimum Gasteiger partial charge on any atom is -0.475 e. The van der Waals surface area contributed by atoms with E-state index >= 15 is 0 Å². The highest BCUT2D eigenvalue weighted by Gasteiger charge is 2.40. The smallest absolute Gasteiger partial charge is 0.267 e. The molecular formula is C98H99Cl5N18O6Si. The van der Waals surface area contributed by atoms with Gasteiger partial charge in [-0.1, -0.05) is 85.7 Å². The molecule has 0 spiro atoms. The molecule has 4 saturated carbocycles. The lowest BCUT2D eigenvalue weighted by molar-refractivity contribution is 0.0973. The van der Waals surface area contributed by atoms with Gasteiger partial charge in [0.1, 0.15) is 68.0 Å². The maximum Gasteiger partial charge on any atom is 0.267 e. The summed E-state index contributed by atoms with van der Waals surface area (Å²) >= 11 is 31.3. The Labute approximate surface area is 768 Å². The van der Waals surface area contributed by atoms with Crippen molar-refractivity contribution < 1.29 is 28.7 Å². The van der Waals surface area contributed by atoms with Crippen LogP contribution in [-0.2, 0) is 4.43 Å². The molecule has 24 nitrogen and oxygen atoms in total. The van der Waals surface area contributed by atoms with Crippen LogP contribution < -0.4 is 24.8 Å². The van der Waals surface area contributed by atoms with E-state index in [1.165, 1.54) is 75.5 Å². The van der Waals surface area contributed by atoms with Gasteiger partial charge in [0, 0.05) is 111 Å². The van der Waals surface area contributed by atoms with Crippen molar-refractivity contribution in [2.75, 3.05) is 66.0 Å². The molecule has 11 aromatic heterocycles. The normalized spacial score (nSPS) is 14.5. The fourth-order valence-electron chi connectivity index (χ4n) is 16.2. The van der Waals surface area contributed by atoms with E-state index in [2.05, 4.69) is 212 Å². The fourth-order valence-corrected chi connectivity index (χ4v) is 18.4. The maximum absolute atomic E-state index is 14.1. The fraction of sp³-hybridized carbons (Fsp3) is 0.316. The Morgan fingerprint density at radius 2 is 0.859 bits per heavy atom. The summed E-state index contributed by atoms with van der Waals surface area (Å²) in [4.78, 5) is 87.6. The second-order valence-electron chi connectivity index (χ2n) is 34.9. The summed E-state index contributed by atoms with van der Waals surface area (Å²) in [7, 11) is -2.03. The van der Waals surface area contributed by atoms with Gasteiger partial charge in [0.05, 0.1) is 89.4 Å². The zero-order valence-corrected chi connectivity index (χ0v) is 77.8. The number of nitrogens with one attached hydrogen (secondary N) is 1. The lowest BCUT2D eigenvalue weighted by Crippen LogP contribution is -2.43. The van der Waals surface area contributed by atoms with Gasteiger partial charge in [-0.3, -0.25) is 34.3 Å². The van der Waals surface area contributed by atoms with Crippen molar-refractivity contribution in [1.29, 1.82) is 0 Å². The van der Waals surface area contributed by atoms with Gasteiger partial charge in [-0.15, -0.1) is 0 Å². The van der Waals surface area contributed by atoms with Crippen molar-refractivity contribution in [3.8, 4) is 28.6 Å². The highest BCUT2D eigenvalue weighted by Crippen LogP contribution is 2.51. The third kappa shape index (κ3) is 18.9. The van der Waals surface area contributed by atoms with Crippen LogP contribution in [0, 0.1) is 27.7 Å². The highest BCUT2D eigenvalue weighted by molar-refractivity contribution is 6.74. The number of fused-ring (bicyclic) bond motifs is 5. The molecule has 20 rings (SSSR count). The van der Waals surface area contributed by atoms with Gasteiger partial charge in [-0.2, -0.15) is 0 Å². The van der Waals surface area contributed by atoms with Crippen LogP contribution in [0.3, 0.4) is 0 Å². The number of carbonyl (C=O) groups is 3. The zero-order valence-electron chi connectivity index (χ0n) is 73.0. The molecule has 128 heavy (non-hydrogen) atoms. The Morgan fingerprint density at radius 3 is 1.24 bits per heavy atom. The lowest BCUT2D eigenvalue weighted by Gasteiger charge is -2.37. The molecule has 0 bridgehead atoms. The third-order valence-electron chi connectivity index (χ3n) is 24.6. The Balaban J connectivity index is 0.000000122. The number of anilines is 4. The van der Waals surface area contributed by atoms with Crippen molar-refractivity contribution in [3.05, 3.63) is 277 Å².